The predicted molar refractivity (Wildman–Crippen MR) is 89.4 cm³/mol. The van der Waals surface area contributed by atoms with E-state index in [1.54, 1.807) is 0 Å². The van der Waals surface area contributed by atoms with Crippen molar-refractivity contribution in [3.05, 3.63) is 12.2 Å². The largest absolute Gasteiger partial charge is 0.464 e. The minimum absolute atomic E-state index is 0.118. The molecule has 0 aromatic carbocycles. The first-order valence-corrected chi connectivity index (χ1v) is 9.25. The van der Waals surface area contributed by atoms with Gasteiger partial charge in [-0.05, 0) is 42.6 Å². The van der Waals surface area contributed by atoms with E-state index in [4.69, 9.17) is 4.74 Å². The van der Waals surface area contributed by atoms with Crippen LogP contribution in [0.5, 0.6) is 0 Å². The van der Waals surface area contributed by atoms with Gasteiger partial charge in [-0.25, -0.2) is 0 Å². The highest BCUT2D eigenvalue weighted by atomic mass is 16.5. The van der Waals surface area contributed by atoms with Crippen molar-refractivity contribution >= 4 is 18.0 Å². The molecule has 1 heterocycles. The lowest BCUT2D eigenvalue weighted by Crippen LogP contribution is -2.66. The van der Waals surface area contributed by atoms with Gasteiger partial charge in [0, 0.05) is 17.3 Å². The van der Waals surface area contributed by atoms with E-state index >= 15 is 0 Å². The molecule has 5 heteroatoms. The summed E-state index contributed by atoms with van der Waals surface area (Å²) >= 11 is 0. The van der Waals surface area contributed by atoms with Gasteiger partial charge in [-0.2, -0.15) is 0 Å². The van der Waals surface area contributed by atoms with Crippen LogP contribution >= 0.6 is 0 Å². The van der Waals surface area contributed by atoms with Crippen molar-refractivity contribution in [2.75, 3.05) is 6.61 Å². The van der Waals surface area contributed by atoms with Gasteiger partial charge in [0.1, 0.15) is 11.7 Å². The summed E-state index contributed by atoms with van der Waals surface area (Å²) in [5, 5.41) is 11.0. The van der Waals surface area contributed by atoms with Gasteiger partial charge in [-0.15, -0.1) is 0 Å². The number of rotatable bonds is 1. The van der Waals surface area contributed by atoms with Crippen LogP contribution in [0.3, 0.4) is 0 Å². The lowest BCUT2D eigenvalue weighted by atomic mass is 9.44. The fourth-order valence-corrected chi connectivity index (χ4v) is 6.71. The number of aliphatic hydroxyl groups excluding tert-OH is 1. The van der Waals surface area contributed by atoms with Crippen LogP contribution in [0, 0.1) is 34.0 Å². The molecular formula is C20H26O5. The molecule has 1 saturated heterocycles. The van der Waals surface area contributed by atoms with Crippen LogP contribution in [0.4, 0.5) is 0 Å². The molecule has 25 heavy (non-hydrogen) atoms. The van der Waals surface area contributed by atoms with E-state index in [1.165, 1.54) is 0 Å². The summed E-state index contributed by atoms with van der Waals surface area (Å²) in [6.07, 6.45) is 3.50. The highest BCUT2D eigenvalue weighted by Crippen LogP contribution is 2.67. The molecule has 6 atom stereocenters. The number of ketones is 1. The molecule has 0 aromatic heterocycles. The number of fused-ring (bicyclic) bond motifs is 2. The Morgan fingerprint density at radius 2 is 2.00 bits per heavy atom. The molecule has 136 valence electrons. The third-order valence-corrected chi connectivity index (χ3v) is 7.72. The molecule has 0 radical (unpaired) electrons. The molecule has 4 fully saturated rings. The first-order chi connectivity index (χ1) is 11.7. The Morgan fingerprint density at radius 1 is 1.28 bits per heavy atom. The van der Waals surface area contributed by atoms with Crippen LogP contribution in [0.1, 0.15) is 46.0 Å². The third kappa shape index (κ3) is 1.85. The molecule has 1 aliphatic heterocycles. The number of allylic oxidation sites excluding steroid dienone is 1. The smallest absolute Gasteiger partial charge is 0.320 e. The third-order valence-electron chi connectivity index (χ3n) is 7.72. The number of hydrogen-bond acceptors (Lipinski definition) is 5. The topological polar surface area (TPSA) is 80.7 Å². The van der Waals surface area contributed by atoms with Crippen molar-refractivity contribution < 1.29 is 24.2 Å². The van der Waals surface area contributed by atoms with Gasteiger partial charge in [0.15, 0.2) is 5.78 Å². The number of Topliss-reactive ketones (excluding diaryl/α,β-unsaturated/α-hetero) is 1. The van der Waals surface area contributed by atoms with Gasteiger partial charge in [-0.3, -0.25) is 9.59 Å². The van der Waals surface area contributed by atoms with Gasteiger partial charge in [0.05, 0.1) is 12.7 Å². The summed E-state index contributed by atoms with van der Waals surface area (Å²) in [5.74, 6) is -1.86. The summed E-state index contributed by atoms with van der Waals surface area (Å²) in [6.45, 7) is 8.13. The Hall–Kier alpha value is -1.49. The fourth-order valence-electron chi connectivity index (χ4n) is 6.71. The SMILES string of the molecule is C=C1C(=O)C23C[C@@H]1CC(O)C2[C@@]1(CCCC(C)(C)C1C=O)COC3=O. The maximum absolute atomic E-state index is 13.1. The lowest BCUT2D eigenvalue weighted by molar-refractivity contribution is -0.225. The molecule has 5 nitrogen and oxygen atoms in total. The monoisotopic (exact) mass is 346 g/mol. The van der Waals surface area contributed by atoms with Crippen molar-refractivity contribution in [3.8, 4) is 0 Å². The zero-order valence-corrected chi connectivity index (χ0v) is 14.9. The zero-order chi connectivity index (χ0) is 18.2. The van der Waals surface area contributed by atoms with Gasteiger partial charge < -0.3 is 14.6 Å². The lowest BCUT2D eigenvalue weighted by Gasteiger charge is -2.60. The van der Waals surface area contributed by atoms with Crippen molar-refractivity contribution in [2.24, 2.45) is 34.0 Å². The molecule has 4 unspecified atom stereocenters. The van der Waals surface area contributed by atoms with E-state index < -0.39 is 28.8 Å². The summed E-state index contributed by atoms with van der Waals surface area (Å²) in [4.78, 5) is 38.0. The van der Waals surface area contributed by atoms with Gasteiger partial charge in [0.25, 0.3) is 0 Å². The van der Waals surface area contributed by atoms with Gasteiger partial charge in [0.2, 0.25) is 0 Å². The Balaban J connectivity index is 1.92. The molecule has 2 spiro atoms. The molecule has 4 rings (SSSR count). The Labute approximate surface area is 147 Å². The number of cyclic esters (lactones) is 1. The molecule has 4 aliphatic rings. The second-order valence-corrected chi connectivity index (χ2v) is 9.27. The Bertz CT molecular complexity index is 680. The molecule has 3 aliphatic carbocycles. The first-order valence-electron chi connectivity index (χ1n) is 9.25. The molecule has 3 saturated carbocycles. The number of aldehydes is 1. The minimum Gasteiger partial charge on any atom is -0.464 e. The summed E-state index contributed by atoms with van der Waals surface area (Å²) in [5.41, 5.74) is -1.82. The normalized spacial score (nSPS) is 48.2. The number of aliphatic hydroxyl groups is 1. The predicted octanol–water partition coefficient (Wildman–Crippen LogP) is 2.07. The number of carbonyl (C=O) groups excluding carboxylic acids is 3. The molecular weight excluding hydrogens is 320 g/mol. The van der Waals surface area contributed by atoms with Gasteiger partial charge in [-0.1, -0.05) is 26.8 Å². The summed E-state index contributed by atoms with van der Waals surface area (Å²) < 4.78 is 5.58. The number of esters is 1. The van der Waals surface area contributed by atoms with Crippen LogP contribution < -0.4 is 0 Å². The quantitative estimate of drug-likeness (QED) is 0.340. The standard InChI is InChI=1S/C20H26O5/c1-11-12-7-13(22)15-19(6-4-5-18(2,3)14(19)9-21)10-25-17(24)20(15,8-12)16(11)23/h9,12-15,22H,1,4-8,10H2,2-3H3/t12-,13?,14?,15?,19-,20?/m0/s1. The van der Waals surface area contributed by atoms with E-state index in [0.29, 0.717) is 24.8 Å². The maximum atomic E-state index is 13.1. The fraction of sp³-hybridized carbons (Fsp3) is 0.750. The van der Waals surface area contributed by atoms with E-state index in [-0.39, 0.29) is 29.6 Å². The van der Waals surface area contributed by atoms with Crippen molar-refractivity contribution in [2.45, 2.75) is 52.1 Å². The summed E-state index contributed by atoms with van der Waals surface area (Å²) in [6, 6.07) is 0. The molecule has 0 amide bonds. The average molecular weight is 346 g/mol. The Kier molecular flexibility index (Phi) is 3.41. The van der Waals surface area contributed by atoms with E-state index in [1.807, 2.05) is 0 Å². The van der Waals surface area contributed by atoms with E-state index in [2.05, 4.69) is 20.4 Å². The van der Waals surface area contributed by atoms with Crippen LogP contribution in [0.15, 0.2) is 12.2 Å². The first kappa shape index (κ1) is 17.0. The number of ether oxygens (including phenoxy) is 1. The highest BCUT2D eigenvalue weighted by molar-refractivity contribution is 6.15. The molecule has 0 aromatic rings. The van der Waals surface area contributed by atoms with Crippen molar-refractivity contribution in [3.63, 3.8) is 0 Å². The second kappa shape index (κ2) is 5.03. The number of hydrogen-bond donors (Lipinski definition) is 1. The zero-order valence-electron chi connectivity index (χ0n) is 14.9. The van der Waals surface area contributed by atoms with Gasteiger partial charge >= 0.3 is 5.97 Å². The number of carbonyl (C=O) groups is 3. The van der Waals surface area contributed by atoms with Crippen LogP contribution in [-0.4, -0.2) is 35.9 Å². The molecule has 1 N–H and O–H groups in total. The Morgan fingerprint density at radius 3 is 2.68 bits per heavy atom. The van der Waals surface area contributed by atoms with Crippen molar-refractivity contribution in [1.82, 2.24) is 0 Å². The summed E-state index contributed by atoms with van der Waals surface area (Å²) in [7, 11) is 0. The van der Waals surface area contributed by atoms with Crippen LogP contribution in [0.2, 0.25) is 0 Å². The minimum atomic E-state index is -1.34. The van der Waals surface area contributed by atoms with Crippen molar-refractivity contribution in [1.29, 1.82) is 0 Å². The van der Waals surface area contributed by atoms with Crippen LogP contribution in [-0.2, 0) is 19.1 Å². The van der Waals surface area contributed by atoms with Crippen LogP contribution in [0.25, 0.3) is 0 Å². The highest BCUT2D eigenvalue weighted by Gasteiger charge is 2.74. The average Bonchev–Trinajstić information content (AvgIpc) is 2.73. The van der Waals surface area contributed by atoms with E-state index in [0.717, 1.165) is 19.1 Å². The van der Waals surface area contributed by atoms with E-state index in [9.17, 15) is 19.5 Å². The molecule has 2 bridgehead atoms. The second-order valence-electron chi connectivity index (χ2n) is 9.27. The maximum Gasteiger partial charge on any atom is 0.320 e.